The molecule has 6 heteroatoms. The van der Waals surface area contributed by atoms with Crippen molar-refractivity contribution in [1.82, 2.24) is 9.78 Å². The van der Waals surface area contributed by atoms with Gasteiger partial charge in [-0.1, -0.05) is 18.2 Å². The summed E-state index contributed by atoms with van der Waals surface area (Å²) in [6.07, 6.45) is 3.26. The van der Waals surface area contributed by atoms with E-state index in [-0.39, 0.29) is 11.6 Å². The monoisotopic (exact) mass is 285 g/mol. The molecule has 1 aromatic heterocycles. The van der Waals surface area contributed by atoms with Crippen molar-refractivity contribution < 1.29 is 14.7 Å². The molecule has 0 spiro atoms. The van der Waals surface area contributed by atoms with E-state index in [1.165, 1.54) is 16.9 Å². The lowest BCUT2D eigenvalue weighted by atomic mass is 10.2. The Balaban J connectivity index is 2.36. The zero-order chi connectivity index (χ0) is 15.4. The van der Waals surface area contributed by atoms with Crippen LogP contribution in [-0.2, 0) is 4.79 Å². The lowest BCUT2D eigenvalue weighted by Crippen LogP contribution is -2.14. The summed E-state index contributed by atoms with van der Waals surface area (Å²) >= 11 is 0. The smallest absolute Gasteiger partial charge is 0.356 e. The number of nitrogens with zero attached hydrogens (tertiary/aromatic N) is 2. The second kappa shape index (κ2) is 6.04. The largest absolute Gasteiger partial charge is 0.476 e. The van der Waals surface area contributed by atoms with Gasteiger partial charge in [0.25, 0.3) is 5.91 Å². The predicted octanol–water partition coefficient (Wildman–Crippen LogP) is 2.48. The summed E-state index contributed by atoms with van der Waals surface area (Å²) in [6.45, 7) is 3.50. The number of benzene rings is 1. The number of rotatable bonds is 4. The number of carboxylic acids is 1. The van der Waals surface area contributed by atoms with Crippen molar-refractivity contribution in [2.45, 2.75) is 13.8 Å². The molecule has 108 valence electrons. The SMILES string of the molecule is CC=C(C)C(=O)Nc1ccccc1-n1ccc(C(=O)O)n1. The maximum Gasteiger partial charge on any atom is 0.356 e. The van der Waals surface area contributed by atoms with Gasteiger partial charge in [-0.2, -0.15) is 5.10 Å². The van der Waals surface area contributed by atoms with Crippen LogP contribution in [0.3, 0.4) is 0 Å². The topological polar surface area (TPSA) is 84.2 Å². The first-order valence-corrected chi connectivity index (χ1v) is 6.35. The van der Waals surface area contributed by atoms with Gasteiger partial charge < -0.3 is 10.4 Å². The highest BCUT2D eigenvalue weighted by molar-refractivity contribution is 6.04. The number of hydrogen-bond donors (Lipinski definition) is 2. The van der Waals surface area contributed by atoms with Gasteiger partial charge >= 0.3 is 5.97 Å². The summed E-state index contributed by atoms with van der Waals surface area (Å²) in [4.78, 5) is 22.8. The molecule has 21 heavy (non-hydrogen) atoms. The third-order valence-corrected chi connectivity index (χ3v) is 3.00. The molecule has 0 aliphatic carbocycles. The second-order valence-corrected chi connectivity index (χ2v) is 4.39. The lowest BCUT2D eigenvalue weighted by molar-refractivity contribution is -0.112. The molecule has 0 fully saturated rings. The van der Waals surface area contributed by atoms with Crippen LogP contribution < -0.4 is 5.32 Å². The average Bonchev–Trinajstić information content (AvgIpc) is 2.96. The Morgan fingerprint density at radius 1 is 1.29 bits per heavy atom. The number of anilines is 1. The van der Waals surface area contributed by atoms with Crippen LogP contribution in [-0.4, -0.2) is 26.8 Å². The van der Waals surface area contributed by atoms with E-state index in [0.29, 0.717) is 16.9 Å². The van der Waals surface area contributed by atoms with Crippen LogP contribution in [0.2, 0.25) is 0 Å². The van der Waals surface area contributed by atoms with Crippen LogP contribution in [0, 0.1) is 0 Å². The molecule has 0 aliphatic heterocycles. The number of carboxylic acid groups (broad SMARTS) is 1. The van der Waals surface area contributed by atoms with Crippen LogP contribution in [0.4, 0.5) is 5.69 Å². The Morgan fingerprint density at radius 3 is 2.62 bits per heavy atom. The van der Waals surface area contributed by atoms with Crippen LogP contribution >= 0.6 is 0 Å². The number of nitrogens with one attached hydrogen (secondary N) is 1. The molecule has 0 radical (unpaired) electrons. The molecule has 0 saturated heterocycles. The molecule has 0 saturated carbocycles. The number of amides is 1. The Kier molecular flexibility index (Phi) is 4.18. The van der Waals surface area contributed by atoms with E-state index < -0.39 is 5.97 Å². The highest BCUT2D eigenvalue weighted by atomic mass is 16.4. The van der Waals surface area contributed by atoms with Crippen molar-refractivity contribution in [1.29, 1.82) is 0 Å². The van der Waals surface area contributed by atoms with Crippen molar-refractivity contribution >= 4 is 17.6 Å². The van der Waals surface area contributed by atoms with Crippen molar-refractivity contribution in [3.63, 3.8) is 0 Å². The normalized spacial score (nSPS) is 11.2. The van der Waals surface area contributed by atoms with Gasteiger partial charge in [0.1, 0.15) is 0 Å². The summed E-state index contributed by atoms with van der Waals surface area (Å²) in [5.74, 6) is -1.31. The molecule has 1 amide bonds. The van der Waals surface area contributed by atoms with Crippen LogP contribution in [0.25, 0.3) is 5.69 Å². The fourth-order valence-electron chi connectivity index (χ4n) is 1.70. The zero-order valence-corrected chi connectivity index (χ0v) is 11.7. The molecule has 1 aromatic carbocycles. The Hall–Kier alpha value is -2.89. The molecule has 0 unspecified atom stereocenters. The Morgan fingerprint density at radius 2 is 2.00 bits per heavy atom. The van der Waals surface area contributed by atoms with E-state index in [1.54, 1.807) is 44.2 Å². The molecule has 0 aliphatic rings. The van der Waals surface area contributed by atoms with E-state index in [4.69, 9.17) is 5.11 Å². The van der Waals surface area contributed by atoms with Crippen LogP contribution in [0.1, 0.15) is 24.3 Å². The molecule has 6 nitrogen and oxygen atoms in total. The van der Waals surface area contributed by atoms with E-state index in [2.05, 4.69) is 10.4 Å². The molecule has 0 atom stereocenters. The molecular formula is C15H15N3O3. The number of hydrogen-bond acceptors (Lipinski definition) is 3. The fourth-order valence-corrected chi connectivity index (χ4v) is 1.70. The molecule has 2 rings (SSSR count). The minimum atomic E-state index is -1.10. The minimum Gasteiger partial charge on any atom is -0.476 e. The second-order valence-electron chi connectivity index (χ2n) is 4.39. The van der Waals surface area contributed by atoms with Crippen molar-refractivity contribution in [3.8, 4) is 5.69 Å². The van der Waals surface area contributed by atoms with Gasteiger partial charge in [-0.25, -0.2) is 9.48 Å². The number of allylic oxidation sites excluding steroid dienone is 1. The maximum absolute atomic E-state index is 11.9. The lowest BCUT2D eigenvalue weighted by Gasteiger charge is -2.11. The number of para-hydroxylation sites is 2. The van der Waals surface area contributed by atoms with Gasteiger partial charge in [-0.3, -0.25) is 4.79 Å². The summed E-state index contributed by atoms with van der Waals surface area (Å²) in [5.41, 5.74) is 1.70. The van der Waals surface area contributed by atoms with Crippen molar-refractivity contribution in [3.05, 3.63) is 53.9 Å². The Labute approximate surface area is 121 Å². The third-order valence-electron chi connectivity index (χ3n) is 3.00. The number of carbonyl (C=O) groups is 2. The highest BCUT2D eigenvalue weighted by Crippen LogP contribution is 2.20. The molecule has 2 aromatic rings. The number of aromatic nitrogens is 2. The first-order chi connectivity index (χ1) is 10.0. The van der Waals surface area contributed by atoms with E-state index in [1.807, 2.05) is 0 Å². The van der Waals surface area contributed by atoms with Gasteiger partial charge in [0.15, 0.2) is 5.69 Å². The van der Waals surface area contributed by atoms with E-state index >= 15 is 0 Å². The maximum atomic E-state index is 11.9. The van der Waals surface area contributed by atoms with Gasteiger partial charge in [-0.05, 0) is 32.0 Å². The van der Waals surface area contributed by atoms with Crippen molar-refractivity contribution in [2.75, 3.05) is 5.32 Å². The van der Waals surface area contributed by atoms with Gasteiger partial charge in [0, 0.05) is 11.8 Å². The highest BCUT2D eigenvalue weighted by Gasteiger charge is 2.12. The number of aromatic carboxylic acids is 1. The summed E-state index contributed by atoms with van der Waals surface area (Å²) in [5, 5.41) is 15.7. The molecule has 0 bridgehead atoms. The summed E-state index contributed by atoms with van der Waals surface area (Å²) < 4.78 is 1.42. The molecule has 1 heterocycles. The van der Waals surface area contributed by atoms with Gasteiger partial charge in [-0.15, -0.1) is 0 Å². The summed E-state index contributed by atoms with van der Waals surface area (Å²) in [7, 11) is 0. The third kappa shape index (κ3) is 3.17. The predicted molar refractivity (Wildman–Crippen MR) is 78.6 cm³/mol. The number of carbonyl (C=O) groups excluding carboxylic acids is 1. The van der Waals surface area contributed by atoms with Gasteiger partial charge in [0.2, 0.25) is 0 Å². The molecular weight excluding hydrogens is 270 g/mol. The van der Waals surface area contributed by atoms with E-state index in [0.717, 1.165) is 0 Å². The van der Waals surface area contributed by atoms with Crippen LogP contribution in [0.15, 0.2) is 48.2 Å². The Bertz CT molecular complexity index is 716. The standard InChI is InChI=1S/C15H15N3O3/c1-3-10(2)14(19)16-11-6-4-5-7-13(11)18-9-8-12(17-18)15(20)21/h3-9H,1-2H3,(H,16,19)(H,20,21). The van der Waals surface area contributed by atoms with Gasteiger partial charge in [0.05, 0.1) is 11.4 Å². The first-order valence-electron chi connectivity index (χ1n) is 6.35. The molecule has 2 N–H and O–H groups in total. The average molecular weight is 285 g/mol. The van der Waals surface area contributed by atoms with E-state index in [9.17, 15) is 9.59 Å². The zero-order valence-electron chi connectivity index (χ0n) is 11.7. The summed E-state index contributed by atoms with van der Waals surface area (Å²) in [6, 6.07) is 8.46. The van der Waals surface area contributed by atoms with Crippen LogP contribution in [0.5, 0.6) is 0 Å². The fraction of sp³-hybridized carbons (Fsp3) is 0.133. The quantitative estimate of drug-likeness (QED) is 0.845. The first kappa shape index (κ1) is 14.5. The minimum absolute atomic E-state index is 0.0548. The van der Waals surface area contributed by atoms with Crippen molar-refractivity contribution in [2.24, 2.45) is 0 Å².